The zero-order valence-electron chi connectivity index (χ0n) is 13.9. The van der Waals surface area contributed by atoms with Crippen LogP contribution >= 0.6 is 0 Å². The van der Waals surface area contributed by atoms with Crippen LogP contribution in [0.2, 0.25) is 0 Å². The van der Waals surface area contributed by atoms with E-state index >= 15 is 0 Å². The Bertz CT molecular complexity index is 945. The Morgan fingerprint density at radius 1 is 1.22 bits per heavy atom. The smallest absolute Gasteiger partial charge is 0.437 e. The van der Waals surface area contributed by atoms with E-state index in [2.05, 4.69) is 15.5 Å². The molecule has 2 N–H and O–H groups in total. The van der Waals surface area contributed by atoms with Gasteiger partial charge in [0, 0.05) is 0 Å². The van der Waals surface area contributed by atoms with E-state index in [1.165, 1.54) is 43.3 Å². The first kappa shape index (κ1) is 18.5. The number of nitrogens with one attached hydrogen (secondary N) is 2. The number of nitrogens with zero attached hydrogens (tertiary/aromatic N) is 1. The van der Waals surface area contributed by atoms with Gasteiger partial charge < -0.3 is 14.5 Å². The summed E-state index contributed by atoms with van der Waals surface area (Å²) in [5, 5.41) is 7.50. The number of rotatable bonds is 5. The Labute approximate surface area is 150 Å². The molecule has 0 aliphatic rings. The Morgan fingerprint density at radius 3 is 2.59 bits per heavy atom. The van der Waals surface area contributed by atoms with Gasteiger partial charge in [0.25, 0.3) is 5.91 Å². The highest BCUT2D eigenvalue weighted by Gasteiger charge is 2.38. The van der Waals surface area contributed by atoms with Crippen LogP contribution in [0.25, 0.3) is 0 Å². The third kappa shape index (κ3) is 4.27. The summed E-state index contributed by atoms with van der Waals surface area (Å²) >= 11 is 0. The average molecular weight is 383 g/mol. The number of aromatic nitrogens is 2. The summed E-state index contributed by atoms with van der Waals surface area (Å²) < 4.78 is 62.2. The molecule has 0 aliphatic carbocycles. The van der Waals surface area contributed by atoms with Gasteiger partial charge in [0.05, 0.1) is 11.4 Å². The Balaban J connectivity index is 1.67. The van der Waals surface area contributed by atoms with Crippen molar-refractivity contribution in [2.45, 2.75) is 19.7 Å². The molecule has 27 heavy (non-hydrogen) atoms. The van der Waals surface area contributed by atoms with Gasteiger partial charge in [-0.05, 0) is 43.3 Å². The van der Waals surface area contributed by atoms with Crippen LogP contribution in [-0.2, 0) is 12.8 Å². The fourth-order valence-corrected chi connectivity index (χ4v) is 2.23. The molecule has 6 nitrogen and oxygen atoms in total. The van der Waals surface area contributed by atoms with Gasteiger partial charge in [0.1, 0.15) is 23.9 Å². The predicted octanol–water partition coefficient (Wildman–Crippen LogP) is 4.30. The molecule has 1 aromatic carbocycles. The number of carbonyl (C=O) groups is 1. The number of hydrogen-bond acceptors (Lipinski definition) is 4. The van der Waals surface area contributed by atoms with Crippen molar-refractivity contribution in [2.75, 3.05) is 5.32 Å². The molecule has 0 bridgehead atoms. The zero-order chi connectivity index (χ0) is 19.6. The van der Waals surface area contributed by atoms with Crippen LogP contribution in [0.3, 0.4) is 0 Å². The average Bonchev–Trinajstić information content (AvgIpc) is 3.21. The molecule has 10 heteroatoms. The van der Waals surface area contributed by atoms with E-state index < -0.39 is 29.3 Å². The van der Waals surface area contributed by atoms with E-state index in [0.717, 1.165) is 0 Å². The molecule has 2 heterocycles. The summed E-state index contributed by atoms with van der Waals surface area (Å²) in [4.78, 5) is 12.2. The number of hydrogen-bond donors (Lipinski definition) is 2. The highest BCUT2D eigenvalue weighted by Crippen LogP contribution is 2.34. The van der Waals surface area contributed by atoms with Crippen LogP contribution in [0.1, 0.15) is 27.7 Å². The first-order valence-electron chi connectivity index (χ1n) is 7.64. The Morgan fingerprint density at radius 2 is 1.93 bits per heavy atom. The summed E-state index contributed by atoms with van der Waals surface area (Å²) in [6, 6.07) is 8.05. The minimum atomic E-state index is -4.72. The number of furan rings is 1. The number of halogens is 4. The van der Waals surface area contributed by atoms with Gasteiger partial charge in [0.15, 0.2) is 11.5 Å². The molecular weight excluding hydrogens is 370 g/mol. The fourth-order valence-electron chi connectivity index (χ4n) is 2.23. The Hall–Kier alpha value is -3.30. The second-order valence-corrected chi connectivity index (χ2v) is 5.53. The van der Waals surface area contributed by atoms with Crippen LogP contribution in [0.5, 0.6) is 5.75 Å². The summed E-state index contributed by atoms with van der Waals surface area (Å²) in [6.07, 6.45) is -4.72. The molecule has 0 radical (unpaired) electrons. The van der Waals surface area contributed by atoms with E-state index in [0.29, 0.717) is 5.75 Å². The van der Waals surface area contributed by atoms with Crippen LogP contribution in [-0.4, -0.2) is 16.1 Å². The molecule has 0 saturated heterocycles. The highest BCUT2D eigenvalue weighted by molar-refractivity contribution is 6.03. The third-order valence-corrected chi connectivity index (χ3v) is 3.53. The van der Waals surface area contributed by atoms with E-state index in [1.54, 1.807) is 0 Å². The first-order valence-corrected chi connectivity index (χ1v) is 7.64. The Kier molecular flexibility index (Phi) is 4.89. The second kappa shape index (κ2) is 7.14. The lowest BCUT2D eigenvalue weighted by Crippen LogP contribution is -2.16. The second-order valence-electron chi connectivity index (χ2n) is 5.53. The van der Waals surface area contributed by atoms with E-state index in [1.807, 2.05) is 0 Å². The standard InChI is InChI=1S/C17H13F4N3O3/c1-9-14(15(24-23-9)17(19,20)21)22-16(25)13-7-6-12(27-13)8-26-11-4-2-10(18)3-5-11/h2-7H,8H2,1H3,(H,22,25)(H,23,24). The molecule has 0 atom stereocenters. The number of alkyl halides is 3. The number of ether oxygens (including phenoxy) is 1. The number of benzene rings is 1. The number of aromatic amines is 1. The summed E-state index contributed by atoms with van der Waals surface area (Å²) in [6.45, 7) is 1.30. The molecular formula is C17H13F4N3O3. The number of carbonyl (C=O) groups excluding carboxylic acids is 1. The van der Waals surface area contributed by atoms with Crippen LogP contribution in [0.15, 0.2) is 40.8 Å². The number of amides is 1. The monoisotopic (exact) mass is 383 g/mol. The maximum Gasteiger partial charge on any atom is 0.437 e. The van der Waals surface area contributed by atoms with Crippen molar-refractivity contribution in [1.82, 2.24) is 10.2 Å². The molecule has 0 saturated carbocycles. The quantitative estimate of drug-likeness (QED) is 0.644. The first-order chi connectivity index (χ1) is 12.7. The van der Waals surface area contributed by atoms with Crippen LogP contribution < -0.4 is 10.1 Å². The largest absolute Gasteiger partial charge is 0.486 e. The van der Waals surface area contributed by atoms with E-state index in [4.69, 9.17) is 9.15 Å². The zero-order valence-corrected chi connectivity index (χ0v) is 13.9. The lowest BCUT2D eigenvalue weighted by Gasteiger charge is -2.08. The van der Waals surface area contributed by atoms with Gasteiger partial charge in [-0.15, -0.1) is 0 Å². The van der Waals surface area contributed by atoms with Crippen LogP contribution in [0, 0.1) is 12.7 Å². The van der Waals surface area contributed by atoms with Gasteiger partial charge in [-0.1, -0.05) is 0 Å². The fraction of sp³-hybridized carbons (Fsp3) is 0.176. The summed E-state index contributed by atoms with van der Waals surface area (Å²) in [5.41, 5.74) is -1.63. The predicted molar refractivity (Wildman–Crippen MR) is 85.7 cm³/mol. The topological polar surface area (TPSA) is 80.2 Å². The van der Waals surface area contributed by atoms with Gasteiger partial charge in [-0.25, -0.2) is 4.39 Å². The van der Waals surface area contributed by atoms with Gasteiger partial charge in [-0.3, -0.25) is 9.89 Å². The molecule has 2 aromatic heterocycles. The molecule has 0 unspecified atom stereocenters. The SMILES string of the molecule is Cc1[nH]nc(C(F)(F)F)c1NC(=O)c1ccc(COc2ccc(F)cc2)o1. The van der Waals surface area contributed by atoms with Crippen molar-refractivity contribution in [3.05, 3.63) is 65.1 Å². The van der Waals surface area contributed by atoms with E-state index in [-0.39, 0.29) is 23.8 Å². The van der Waals surface area contributed by atoms with Crippen molar-refractivity contribution in [3.8, 4) is 5.75 Å². The third-order valence-electron chi connectivity index (χ3n) is 3.53. The van der Waals surface area contributed by atoms with Crippen molar-refractivity contribution in [3.63, 3.8) is 0 Å². The normalized spacial score (nSPS) is 11.4. The molecule has 3 aromatic rings. The molecule has 142 valence electrons. The molecule has 0 fully saturated rings. The lowest BCUT2D eigenvalue weighted by atomic mass is 10.2. The maximum absolute atomic E-state index is 12.9. The van der Waals surface area contributed by atoms with Crippen LogP contribution in [0.4, 0.5) is 23.2 Å². The summed E-state index contributed by atoms with van der Waals surface area (Å²) in [7, 11) is 0. The minimum Gasteiger partial charge on any atom is -0.486 e. The number of anilines is 1. The van der Waals surface area contributed by atoms with Crippen molar-refractivity contribution in [1.29, 1.82) is 0 Å². The van der Waals surface area contributed by atoms with E-state index in [9.17, 15) is 22.4 Å². The van der Waals surface area contributed by atoms with Crippen molar-refractivity contribution >= 4 is 11.6 Å². The lowest BCUT2D eigenvalue weighted by molar-refractivity contribution is -0.140. The van der Waals surface area contributed by atoms with Gasteiger partial charge >= 0.3 is 6.18 Å². The highest BCUT2D eigenvalue weighted by atomic mass is 19.4. The molecule has 3 rings (SSSR count). The molecule has 0 aliphatic heterocycles. The summed E-state index contributed by atoms with van der Waals surface area (Å²) in [5.74, 6) is -0.807. The van der Waals surface area contributed by atoms with Crippen molar-refractivity contribution < 1.29 is 31.5 Å². The number of H-pyrrole nitrogens is 1. The van der Waals surface area contributed by atoms with Crippen molar-refractivity contribution in [2.24, 2.45) is 0 Å². The molecule has 1 amide bonds. The molecule has 0 spiro atoms. The van der Waals surface area contributed by atoms with Gasteiger partial charge in [0.2, 0.25) is 0 Å². The maximum atomic E-state index is 12.9. The number of aryl methyl sites for hydroxylation is 1. The minimum absolute atomic E-state index is 0.0442. The van der Waals surface area contributed by atoms with Gasteiger partial charge in [-0.2, -0.15) is 18.3 Å².